The van der Waals surface area contributed by atoms with Gasteiger partial charge in [-0.05, 0) is 80.0 Å². The molecule has 0 heterocycles. The molecule has 2 heteroatoms. The van der Waals surface area contributed by atoms with Gasteiger partial charge < -0.3 is 9.59 Å². The van der Waals surface area contributed by atoms with E-state index in [1.54, 1.807) is 5.57 Å². The summed E-state index contributed by atoms with van der Waals surface area (Å²) in [5.41, 5.74) is 2.17. The van der Waals surface area contributed by atoms with E-state index in [1.165, 1.54) is 44.8 Å². The third-order valence-electron chi connectivity index (χ3n) is 8.56. The maximum Gasteiger partial charge on any atom is 0.126 e. The molecule has 2 unspecified atom stereocenters. The summed E-state index contributed by atoms with van der Waals surface area (Å²) in [7, 11) is 0. The van der Waals surface area contributed by atoms with Crippen LogP contribution >= 0.6 is 0 Å². The molecule has 0 aromatic heterocycles. The van der Waals surface area contributed by atoms with E-state index in [4.69, 9.17) is 0 Å². The number of hydrogen-bond acceptors (Lipinski definition) is 2. The molecule has 0 spiro atoms. The SMILES string of the molecule is C[C@]12CCC(C=O)C=C1CC[C@@H]1[C@@H]2CC[C@]2(C)C(C=O)CC[C@@H]12. The van der Waals surface area contributed by atoms with E-state index in [0.717, 1.165) is 36.9 Å². The Balaban J connectivity index is 1.65. The predicted molar refractivity (Wildman–Crippen MR) is 90.8 cm³/mol. The van der Waals surface area contributed by atoms with Crippen molar-refractivity contribution in [3.05, 3.63) is 11.6 Å². The lowest BCUT2D eigenvalue weighted by molar-refractivity contribution is -0.117. The largest absolute Gasteiger partial charge is 0.303 e. The highest BCUT2D eigenvalue weighted by Crippen LogP contribution is 2.66. The smallest absolute Gasteiger partial charge is 0.126 e. The van der Waals surface area contributed by atoms with Gasteiger partial charge in [0.2, 0.25) is 0 Å². The molecule has 0 bridgehead atoms. The number of carbonyl (C=O) groups is 2. The molecule has 0 saturated heterocycles. The fourth-order valence-corrected chi connectivity index (χ4v) is 7.13. The average Bonchev–Trinajstić information content (AvgIpc) is 2.90. The highest BCUT2D eigenvalue weighted by atomic mass is 16.1. The number of fused-ring (bicyclic) bond motifs is 5. The molecule has 126 valence electrons. The van der Waals surface area contributed by atoms with Crippen LogP contribution in [0.15, 0.2) is 11.6 Å². The monoisotopic (exact) mass is 314 g/mol. The van der Waals surface area contributed by atoms with Crippen LogP contribution in [0.2, 0.25) is 0 Å². The van der Waals surface area contributed by atoms with E-state index >= 15 is 0 Å². The summed E-state index contributed by atoms with van der Waals surface area (Å²) in [5.74, 6) is 2.78. The third-order valence-corrected chi connectivity index (χ3v) is 8.56. The molecule has 4 aliphatic carbocycles. The van der Waals surface area contributed by atoms with Crippen LogP contribution in [0, 0.1) is 40.4 Å². The number of hydrogen-bond donors (Lipinski definition) is 0. The van der Waals surface area contributed by atoms with Crippen molar-refractivity contribution in [3.8, 4) is 0 Å². The van der Waals surface area contributed by atoms with Gasteiger partial charge in [0.25, 0.3) is 0 Å². The maximum atomic E-state index is 11.5. The number of allylic oxidation sites excluding steroid dienone is 2. The van der Waals surface area contributed by atoms with E-state index in [-0.39, 0.29) is 11.3 Å². The standard InChI is InChI=1S/C21H30O2/c1-20-9-7-14(12-22)11-15(20)3-5-17-18-6-4-16(13-23)21(18,2)10-8-19(17)20/h11-14,16-19H,3-10H2,1-2H3/t14?,16?,17-,18-,19-,20-,21+/m0/s1. The number of aldehydes is 2. The average molecular weight is 314 g/mol. The molecule has 4 aliphatic rings. The van der Waals surface area contributed by atoms with Gasteiger partial charge in [-0.2, -0.15) is 0 Å². The van der Waals surface area contributed by atoms with Crippen molar-refractivity contribution in [1.82, 2.24) is 0 Å². The summed E-state index contributed by atoms with van der Waals surface area (Å²) < 4.78 is 0. The van der Waals surface area contributed by atoms with Crippen molar-refractivity contribution in [1.29, 1.82) is 0 Å². The quantitative estimate of drug-likeness (QED) is 0.552. The van der Waals surface area contributed by atoms with Crippen LogP contribution in [0.3, 0.4) is 0 Å². The molecule has 2 nitrogen and oxygen atoms in total. The van der Waals surface area contributed by atoms with Crippen LogP contribution < -0.4 is 0 Å². The zero-order valence-electron chi connectivity index (χ0n) is 14.6. The first-order chi connectivity index (χ1) is 11.0. The van der Waals surface area contributed by atoms with Gasteiger partial charge in [-0.15, -0.1) is 0 Å². The highest BCUT2D eigenvalue weighted by molar-refractivity contribution is 5.58. The van der Waals surface area contributed by atoms with Gasteiger partial charge in [-0.3, -0.25) is 0 Å². The second kappa shape index (κ2) is 5.29. The molecule has 7 atom stereocenters. The normalized spacial score (nSPS) is 51.9. The number of rotatable bonds is 2. The molecule has 0 aliphatic heterocycles. The third kappa shape index (κ3) is 2.06. The van der Waals surface area contributed by atoms with E-state index in [9.17, 15) is 9.59 Å². The molecule has 4 rings (SSSR count). The first-order valence-corrected chi connectivity index (χ1v) is 9.64. The van der Waals surface area contributed by atoms with Crippen molar-refractivity contribution in [2.45, 2.75) is 65.2 Å². The molecular formula is C21H30O2. The summed E-state index contributed by atoms with van der Waals surface area (Å²) in [5, 5.41) is 0. The van der Waals surface area contributed by atoms with Crippen LogP contribution in [0.1, 0.15) is 65.2 Å². The molecule has 3 fully saturated rings. The molecule has 0 radical (unpaired) electrons. The second-order valence-corrected chi connectivity index (χ2v) is 9.23. The summed E-state index contributed by atoms with van der Waals surface area (Å²) in [6.07, 6.45) is 14.3. The molecule has 0 aromatic rings. The molecule has 0 amide bonds. The fraction of sp³-hybridized carbons (Fsp3) is 0.810. The van der Waals surface area contributed by atoms with Gasteiger partial charge in [0.1, 0.15) is 12.6 Å². The Kier molecular flexibility index (Phi) is 3.59. The van der Waals surface area contributed by atoms with E-state index in [1.807, 2.05) is 0 Å². The predicted octanol–water partition coefficient (Wildman–Crippen LogP) is 4.58. The Morgan fingerprint density at radius 2 is 1.78 bits per heavy atom. The van der Waals surface area contributed by atoms with Crippen molar-refractivity contribution >= 4 is 12.6 Å². The molecule has 23 heavy (non-hydrogen) atoms. The van der Waals surface area contributed by atoms with Gasteiger partial charge in [0.15, 0.2) is 0 Å². The summed E-state index contributed by atoms with van der Waals surface area (Å²) in [6, 6.07) is 0. The first-order valence-electron chi connectivity index (χ1n) is 9.64. The molecule has 3 saturated carbocycles. The Hall–Kier alpha value is -0.920. The molecule has 0 N–H and O–H groups in total. The Bertz CT molecular complexity index is 550. The lowest BCUT2D eigenvalue weighted by Crippen LogP contribution is -2.50. The minimum atomic E-state index is 0.161. The van der Waals surface area contributed by atoms with Crippen LogP contribution in [0.4, 0.5) is 0 Å². The zero-order chi connectivity index (χ0) is 16.2. The van der Waals surface area contributed by atoms with Gasteiger partial charge in [0, 0.05) is 11.8 Å². The highest BCUT2D eigenvalue weighted by Gasteiger charge is 2.58. The molecular weight excluding hydrogens is 284 g/mol. The Morgan fingerprint density at radius 1 is 0.957 bits per heavy atom. The lowest BCUT2D eigenvalue weighted by Gasteiger charge is -2.58. The zero-order valence-corrected chi connectivity index (χ0v) is 14.6. The fourth-order valence-electron chi connectivity index (χ4n) is 7.13. The van der Waals surface area contributed by atoms with E-state index < -0.39 is 0 Å². The van der Waals surface area contributed by atoms with Crippen molar-refractivity contribution in [2.75, 3.05) is 0 Å². The van der Waals surface area contributed by atoms with E-state index in [0.29, 0.717) is 11.3 Å². The van der Waals surface area contributed by atoms with Crippen LogP contribution in [-0.2, 0) is 9.59 Å². The van der Waals surface area contributed by atoms with Crippen LogP contribution in [0.25, 0.3) is 0 Å². The van der Waals surface area contributed by atoms with Crippen molar-refractivity contribution in [3.63, 3.8) is 0 Å². The van der Waals surface area contributed by atoms with Crippen molar-refractivity contribution < 1.29 is 9.59 Å². The van der Waals surface area contributed by atoms with Crippen molar-refractivity contribution in [2.24, 2.45) is 40.4 Å². The summed E-state index contributed by atoms with van der Waals surface area (Å²) in [4.78, 5) is 22.8. The second-order valence-electron chi connectivity index (χ2n) is 9.23. The number of carbonyl (C=O) groups excluding carboxylic acids is 2. The summed E-state index contributed by atoms with van der Waals surface area (Å²) in [6.45, 7) is 4.88. The Labute approximate surface area is 140 Å². The van der Waals surface area contributed by atoms with Gasteiger partial charge in [-0.1, -0.05) is 25.5 Å². The van der Waals surface area contributed by atoms with Gasteiger partial charge in [-0.25, -0.2) is 0 Å². The van der Waals surface area contributed by atoms with Crippen LogP contribution in [0.5, 0.6) is 0 Å². The lowest BCUT2D eigenvalue weighted by atomic mass is 9.46. The van der Waals surface area contributed by atoms with Gasteiger partial charge in [0.05, 0.1) is 0 Å². The topological polar surface area (TPSA) is 34.1 Å². The summed E-state index contributed by atoms with van der Waals surface area (Å²) >= 11 is 0. The molecule has 0 aromatic carbocycles. The van der Waals surface area contributed by atoms with E-state index in [2.05, 4.69) is 19.9 Å². The Morgan fingerprint density at radius 3 is 2.52 bits per heavy atom. The first kappa shape index (κ1) is 15.6. The minimum Gasteiger partial charge on any atom is -0.303 e. The van der Waals surface area contributed by atoms with Crippen LogP contribution in [-0.4, -0.2) is 12.6 Å². The van der Waals surface area contributed by atoms with Gasteiger partial charge >= 0.3 is 0 Å². The maximum absolute atomic E-state index is 11.5. The minimum absolute atomic E-state index is 0.161.